The third-order valence-corrected chi connectivity index (χ3v) is 3.84. The predicted molar refractivity (Wildman–Crippen MR) is 93.2 cm³/mol. The van der Waals surface area contributed by atoms with Gasteiger partial charge in [0.25, 0.3) is 5.91 Å². The average molecular weight is 344 g/mol. The van der Waals surface area contributed by atoms with Crippen molar-refractivity contribution >= 4 is 34.2 Å². The minimum Gasteiger partial charge on any atom is -0.496 e. The fourth-order valence-corrected chi connectivity index (χ4v) is 2.54. The van der Waals surface area contributed by atoms with Gasteiger partial charge in [0.2, 0.25) is 0 Å². The van der Waals surface area contributed by atoms with Crippen LogP contribution in [-0.2, 0) is 0 Å². The molecular weight excluding hydrogens is 330 g/mol. The maximum absolute atomic E-state index is 12.4. The summed E-state index contributed by atoms with van der Waals surface area (Å²) in [5, 5.41) is 3.50. The zero-order chi connectivity index (χ0) is 17.3. The number of rotatable bonds is 3. The Morgan fingerprint density at radius 1 is 1.21 bits per heavy atom. The maximum atomic E-state index is 12.4. The fourth-order valence-electron chi connectivity index (χ4n) is 2.37. The molecule has 0 fully saturated rings. The van der Waals surface area contributed by atoms with Crippen LogP contribution in [0.3, 0.4) is 0 Å². The van der Waals surface area contributed by atoms with Gasteiger partial charge in [-0.05, 0) is 36.8 Å². The van der Waals surface area contributed by atoms with Crippen molar-refractivity contribution in [2.24, 2.45) is 0 Å². The van der Waals surface area contributed by atoms with Gasteiger partial charge in [-0.1, -0.05) is 23.7 Å². The summed E-state index contributed by atoms with van der Waals surface area (Å²) < 4.78 is 10.7. The van der Waals surface area contributed by atoms with E-state index in [0.717, 1.165) is 11.6 Å². The molecule has 0 saturated heterocycles. The lowest BCUT2D eigenvalue weighted by Crippen LogP contribution is -2.15. The molecule has 1 heterocycles. The van der Waals surface area contributed by atoms with Gasteiger partial charge in [0.1, 0.15) is 16.7 Å². The number of fused-ring (bicyclic) bond motifs is 1. The van der Waals surface area contributed by atoms with Crippen LogP contribution in [0, 0.1) is 6.92 Å². The van der Waals surface area contributed by atoms with Crippen LogP contribution in [0.15, 0.2) is 51.7 Å². The van der Waals surface area contributed by atoms with E-state index in [4.69, 9.17) is 20.8 Å². The van der Waals surface area contributed by atoms with Crippen LogP contribution >= 0.6 is 11.6 Å². The molecule has 3 aromatic rings. The highest BCUT2D eigenvalue weighted by Crippen LogP contribution is 2.24. The van der Waals surface area contributed by atoms with E-state index in [0.29, 0.717) is 21.8 Å². The third kappa shape index (κ3) is 2.98. The van der Waals surface area contributed by atoms with Crippen LogP contribution in [0.2, 0.25) is 5.02 Å². The number of nitrogens with one attached hydrogen (secondary N) is 1. The maximum Gasteiger partial charge on any atom is 0.291 e. The van der Waals surface area contributed by atoms with E-state index in [9.17, 15) is 9.59 Å². The van der Waals surface area contributed by atoms with Gasteiger partial charge >= 0.3 is 0 Å². The summed E-state index contributed by atoms with van der Waals surface area (Å²) in [6, 6.07) is 11.3. The minimum absolute atomic E-state index is 0.0832. The number of methoxy groups -OCH3 is 1. The first-order valence-corrected chi connectivity index (χ1v) is 7.56. The number of halogens is 1. The van der Waals surface area contributed by atoms with Gasteiger partial charge in [0.15, 0.2) is 11.2 Å². The van der Waals surface area contributed by atoms with Crippen molar-refractivity contribution in [3.63, 3.8) is 0 Å². The number of carbonyl (C=O) groups excluding carboxylic acids is 1. The van der Waals surface area contributed by atoms with Crippen LogP contribution in [0.1, 0.15) is 16.1 Å². The standard InChI is InChI=1S/C18H14ClNO4/c1-10-6-7-11(19)8-12(10)20-18(22)16-9-13(21)17-14(23-2)4-3-5-15(17)24-16/h3-9H,1-2H3,(H,20,22). The normalized spacial score (nSPS) is 10.6. The van der Waals surface area contributed by atoms with Gasteiger partial charge in [0, 0.05) is 16.8 Å². The molecule has 1 aromatic heterocycles. The molecular formula is C18H14ClNO4. The number of aryl methyl sites for hydroxylation is 1. The molecule has 1 amide bonds. The summed E-state index contributed by atoms with van der Waals surface area (Å²) in [5.74, 6) is -0.207. The van der Waals surface area contributed by atoms with E-state index < -0.39 is 5.91 Å². The molecule has 0 atom stereocenters. The second-order valence-corrected chi connectivity index (χ2v) is 5.66. The highest BCUT2D eigenvalue weighted by Gasteiger charge is 2.15. The molecule has 2 aromatic carbocycles. The molecule has 3 rings (SSSR count). The third-order valence-electron chi connectivity index (χ3n) is 3.61. The average Bonchev–Trinajstić information content (AvgIpc) is 2.57. The second kappa shape index (κ2) is 6.37. The summed E-state index contributed by atoms with van der Waals surface area (Å²) in [5.41, 5.74) is 1.34. The molecule has 0 unspecified atom stereocenters. The highest BCUT2D eigenvalue weighted by atomic mass is 35.5. The molecule has 24 heavy (non-hydrogen) atoms. The van der Waals surface area contributed by atoms with Gasteiger partial charge in [-0.25, -0.2) is 0 Å². The van der Waals surface area contributed by atoms with E-state index in [-0.39, 0.29) is 16.8 Å². The van der Waals surface area contributed by atoms with Gasteiger partial charge in [-0.15, -0.1) is 0 Å². The molecule has 0 radical (unpaired) electrons. The Kier molecular flexibility index (Phi) is 4.27. The molecule has 0 saturated carbocycles. The molecule has 6 heteroatoms. The summed E-state index contributed by atoms with van der Waals surface area (Å²) in [6.45, 7) is 1.84. The highest BCUT2D eigenvalue weighted by molar-refractivity contribution is 6.31. The SMILES string of the molecule is COc1cccc2oc(C(=O)Nc3cc(Cl)ccc3C)cc(=O)c12. The Hall–Kier alpha value is -2.79. The van der Waals surface area contributed by atoms with Gasteiger partial charge in [-0.2, -0.15) is 0 Å². The Labute approximate surface area is 142 Å². The number of amides is 1. The summed E-state index contributed by atoms with van der Waals surface area (Å²) >= 11 is 5.94. The molecule has 1 N–H and O–H groups in total. The molecule has 0 aliphatic rings. The fraction of sp³-hybridized carbons (Fsp3) is 0.111. The lowest BCUT2D eigenvalue weighted by Gasteiger charge is -2.09. The van der Waals surface area contributed by atoms with Crippen molar-refractivity contribution in [3.8, 4) is 5.75 Å². The summed E-state index contributed by atoms with van der Waals surface area (Å²) in [7, 11) is 1.47. The Bertz CT molecular complexity index is 994. The van der Waals surface area contributed by atoms with Crippen molar-refractivity contribution < 1.29 is 13.9 Å². The first-order valence-electron chi connectivity index (χ1n) is 7.18. The molecule has 5 nitrogen and oxygen atoms in total. The van der Waals surface area contributed by atoms with Crippen LogP contribution in [0.5, 0.6) is 5.75 Å². The summed E-state index contributed by atoms with van der Waals surface area (Å²) in [6.07, 6.45) is 0. The first kappa shape index (κ1) is 16.1. The first-order chi connectivity index (χ1) is 11.5. The van der Waals surface area contributed by atoms with Crippen molar-refractivity contribution in [3.05, 3.63) is 69.0 Å². The number of hydrogen-bond donors (Lipinski definition) is 1. The number of ether oxygens (including phenoxy) is 1. The van der Waals surface area contributed by atoms with Crippen LogP contribution in [-0.4, -0.2) is 13.0 Å². The van der Waals surface area contributed by atoms with E-state index in [1.165, 1.54) is 7.11 Å². The smallest absolute Gasteiger partial charge is 0.291 e. The Morgan fingerprint density at radius 2 is 2.00 bits per heavy atom. The monoisotopic (exact) mass is 343 g/mol. The van der Waals surface area contributed by atoms with Gasteiger partial charge in [-0.3, -0.25) is 9.59 Å². The lowest BCUT2D eigenvalue weighted by molar-refractivity contribution is 0.0997. The van der Waals surface area contributed by atoms with E-state index in [1.54, 1.807) is 36.4 Å². The number of anilines is 1. The van der Waals surface area contributed by atoms with Crippen LogP contribution < -0.4 is 15.5 Å². The molecule has 122 valence electrons. The Morgan fingerprint density at radius 3 is 2.75 bits per heavy atom. The molecule has 0 bridgehead atoms. The second-order valence-electron chi connectivity index (χ2n) is 5.22. The van der Waals surface area contributed by atoms with Crippen molar-refractivity contribution in [1.29, 1.82) is 0 Å². The van der Waals surface area contributed by atoms with E-state index >= 15 is 0 Å². The van der Waals surface area contributed by atoms with Crippen molar-refractivity contribution in [1.82, 2.24) is 0 Å². The zero-order valence-corrected chi connectivity index (χ0v) is 13.8. The number of hydrogen-bond acceptors (Lipinski definition) is 4. The quantitative estimate of drug-likeness (QED) is 0.780. The molecule has 0 spiro atoms. The molecule has 0 aliphatic carbocycles. The van der Waals surface area contributed by atoms with Crippen LogP contribution in [0.4, 0.5) is 5.69 Å². The topological polar surface area (TPSA) is 68.5 Å². The predicted octanol–water partition coefficient (Wildman–Crippen LogP) is 4.02. The van der Waals surface area contributed by atoms with Crippen molar-refractivity contribution in [2.75, 3.05) is 12.4 Å². The Balaban J connectivity index is 2.02. The summed E-state index contributed by atoms with van der Waals surface area (Å²) in [4.78, 5) is 24.7. The van der Waals surface area contributed by atoms with E-state index in [1.807, 2.05) is 6.92 Å². The van der Waals surface area contributed by atoms with E-state index in [2.05, 4.69) is 5.32 Å². The minimum atomic E-state index is -0.526. The lowest BCUT2D eigenvalue weighted by atomic mass is 10.2. The number of carbonyl (C=O) groups is 1. The largest absolute Gasteiger partial charge is 0.496 e. The zero-order valence-electron chi connectivity index (χ0n) is 13.1. The molecule has 0 aliphatic heterocycles. The number of benzene rings is 2. The van der Waals surface area contributed by atoms with Gasteiger partial charge in [0.05, 0.1) is 7.11 Å². The van der Waals surface area contributed by atoms with Crippen molar-refractivity contribution in [2.45, 2.75) is 6.92 Å². The van der Waals surface area contributed by atoms with Gasteiger partial charge < -0.3 is 14.5 Å². The van der Waals surface area contributed by atoms with Crippen LogP contribution in [0.25, 0.3) is 11.0 Å².